The van der Waals surface area contributed by atoms with E-state index in [0.29, 0.717) is 29.6 Å². The number of benzene rings is 2. The van der Waals surface area contributed by atoms with Gasteiger partial charge in [-0.05, 0) is 42.8 Å². The van der Waals surface area contributed by atoms with Crippen LogP contribution in [0.15, 0.2) is 48.5 Å². The van der Waals surface area contributed by atoms with Gasteiger partial charge in [0.25, 0.3) is 5.91 Å². The molecule has 1 amide bonds. The summed E-state index contributed by atoms with van der Waals surface area (Å²) >= 11 is 5.92. The van der Waals surface area contributed by atoms with Gasteiger partial charge in [-0.25, -0.2) is 0 Å². The molecule has 2 N–H and O–H groups in total. The molecule has 0 spiro atoms. The standard InChI is InChI=1S/C20H21ClN6O/c1-14-4-2-3-5-17(14)26-10-12-27(13-11-26)20(28)18-19(24-25-23-18)22-16-8-6-15(21)7-9-16/h2-9H,10-13H2,1H3,(H2,22,23,24,25). The number of amides is 1. The topological polar surface area (TPSA) is 77.2 Å². The molecule has 144 valence electrons. The van der Waals surface area contributed by atoms with E-state index < -0.39 is 0 Å². The fourth-order valence-corrected chi connectivity index (χ4v) is 3.48. The van der Waals surface area contributed by atoms with Gasteiger partial charge in [0.05, 0.1) is 0 Å². The number of hydrogen-bond donors (Lipinski definition) is 2. The van der Waals surface area contributed by atoms with Crippen LogP contribution in [0.25, 0.3) is 0 Å². The van der Waals surface area contributed by atoms with Crippen molar-refractivity contribution in [2.24, 2.45) is 0 Å². The maximum Gasteiger partial charge on any atom is 0.278 e. The summed E-state index contributed by atoms with van der Waals surface area (Å²) in [5.74, 6) is 0.281. The molecule has 1 saturated heterocycles. The lowest BCUT2D eigenvalue weighted by atomic mass is 10.1. The minimum absolute atomic E-state index is 0.130. The van der Waals surface area contributed by atoms with Crippen molar-refractivity contribution in [2.45, 2.75) is 6.92 Å². The zero-order valence-corrected chi connectivity index (χ0v) is 16.3. The third-order valence-electron chi connectivity index (χ3n) is 4.88. The summed E-state index contributed by atoms with van der Waals surface area (Å²) in [6, 6.07) is 15.5. The summed E-state index contributed by atoms with van der Waals surface area (Å²) in [7, 11) is 0. The molecule has 28 heavy (non-hydrogen) atoms. The van der Waals surface area contributed by atoms with Crippen molar-refractivity contribution in [2.75, 3.05) is 36.4 Å². The van der Waals surface area contributed by atoms with Gasteiger partial charge in [0.15, 0.2) is 11.5 Å². The lowest BCUT2D eigenvalue weighted by molar-refractivity contribution is 0.0742. The normalized spacial score (nSPS) is 14.2. The molecule has 1 aliphatic heterocycles. The molecule has 2 heterocycles. The number of aromatic amines is 1. The summed E-state index contributed by atoms with van der Waals surface area (Å²) in [6.45, 7) is 4.96. The van der Waals surface area contributed by atoms with Crippen molar-refractivity contribution in [3.05, 3.63) is 64.8 Å². The SMILES string of the molecule is Cc1ccccc1N1CCN(C(=O)c2n[nH]nc2Nc2ccc(Cl)cc2)CC1. The van der Waals surface area contributed by atoms with Crippen molar-refractivity contribution >= 4 is 34.7 Å². The number of aromatic nitrogens is 3. The van der Waals surface area contributed by atoms with Gasteiger partial charge in [-0.2, -0.15) is 5.21 Å². The lowest BCUT2D eigenvalue weighted by Gasteiger charge is -2.36. The largest absolute Gasteiger partial charge is 0.368 e. The average Bonchev–Trinajstić information content (AvgIpc) is 3.18. The molecule has 4 rings (SSSR count). The highest BCUT2D eigenvalue weighted by molar-refractivity contribution is 6.30. The summed E-state index contributed by atoms with van der Waals surface area (Å²) in [5.41, 5.74) is 3.55. The van der Waals surface area contributed by atoms with Gasteiger partial charge in [0.2, 0.25) is 0 Å². The van der Waals surface area contributed by atoms with Crippen LogP contribution in [0.1, 0.15) is 16.1 Å². The Labute approximate surface area is 168 Å². The molecular weight excluding hydrogens is 376 g/mol. The fraction of sp³-hybridized carbons (Fsp3) is 0.250. The molecule has 0 radical (unpaired) electrons. The molecule has 0 unspecified atom stereocenters. The number of rotatable bonds is 4. The number of piperazine rings is 1. The highest BCUT2D eigenvalue weighted by Gasteiger charge is 2.27. The van der Waals surface area contributed by atoms with Crippen LogP contribution in [0.3, 0.4) is 0 Å². The highest BCUT2D eigenvalue weighted by Crippen LogP contribution is 2.23. The Hall–Kier alpha value is -3.06. The average molecular weight is 397 g/mol. The molecular formula is C20H21ClN6O. The number of nitrogens with zero attached hydrogens (tertiary/aromatic N) is 4. The van der Waals surface area contributed by atoms with E-state index in [4.69, 9.17) is 11.6 Å². The summed E-state index contributed by atoms with van der Waals surface area (Å²) in [6.07, 6.45) is 0. The molecule has 3 aromatic rings. The van der Waals surface area contributed by atoms with Gasteiger partial charge >= 0.3 is 0 Å². The number of carbonyl (C=O) groups is 1. The third-order valence-corrected chi connectivity index (χ3v) is 5.13. The van der Waals surface area contributed by atoms with E-state index in [0.717, 1.165) is 18.8 Å². The molecule has 0 aliphatic carbocycles. The Morgan fingerprint density at radius 2 is 1.75 bits per heavy atom. The molecule has 2 aromatic carbocycles. The van der Waals surface area contributed by atoms with Crippen molar-refractivity contribution in [3.8, 4) is 0 Å². The second-order valence-electron chi connectivity index (χ2n) is 6.72. The Balaban J connectivity index is 1.43. The van der Waals surface area contributed by atoms with Gasteiger partial charge in [0, 0.05) is 42.6 Å². The Kier molecular flexibility index (Phi) is 5.16. The Bertz CT molecular complexity index is 963. The van der Waals surface area contributed by atoms with Crippen LogP contribution in [0.5, 0.6) is 0 Å². The van der Waals surface area contributed by atoms with Crippen LogP contribution in [0, 0.1) is 6.92 Å². The van der Waals surface area contributed by atoms with Gasteiger partial charge in [0.1, 0.15) is 0 Å². The van der Waals surface area contributed by atoms with Gasteiger partial charge in [-0.1, -0.05) is 29.8 Å². The minimum Gasteiger partial charge on any atom is -0.368 e. The van der Waals surface area contributed by atoms with Crippen LogP contribution in [-0.2, 0) is 0 Å². The maximum absolute atomic E-state index is 13.0. The zero-order chi connectivity index (χ0) is 19.5. The van der Waals surface area contributed by atoms with E-state index in [-0.39, 0.29) is 5.91 Å². The highest BCUT2D eigenvalue weighted by atomic mass is 35.5. The Morgan fingerprint density at radius 1 is 1.04 bits per heavy atom. The van der Waals surface area contributed by atoms with Crippen LogP contribution in [0.2, 0.25) is 5.02 Å². The first-order valence-corrected chi connectivity index (χ1v) is 9.53. The molecule has 1 aliphatic rings. The van der Waals surface area contributed by atoms with Crippen LogP contribution in [0.4, 0.5) is 17.2 Å². The second-order valence-corrected chi connectivity index (χ2v) is 7.15. The Morgan fingerprint density at radius 3 is 2.46 bits per heavy atom. The number of halogens is 1. The number of carbonyl (C=O) groups excluding carboxylic acids is 1. The number of anilines is 3. The quantitative estimate of drug-likeness (QED) is 0.706. The number of nitrogens with one attached hydrogen (secondary N) is 2. The van der Waals surface area contributed by atoms with Gasteiger partial charge < -0.3 is 15.1 Å². The predicted octanol–water partition coefficient (Wildman–Crippen LogP) is 3.47. The van der Waals surface area contributed by atoms with E-state index in [1.54, 1.807) is 12.1 Å². The van der Waals surface area contributed by atoms with Crippen LogP contribution >= 0.6 is 11.6 Å². The summed E-state index contributed by atoms with van der Waals surface area (Å²) in [5, 5.41) is 14.5. The first-order valence-electron chi connectivity index (χ1n) is 9.15. The molecule has 0 saturated carbocycles. The molecule has 1 fully saturated rings. The monoisotopic (exact) mass is 396 g/mol. The first kappa shape index (κ1) is 18.3. The molecule has 8 heteroatoms. The number of hydrogen-bond acceptors (Lipinski definition) is 5. The van der Waals surface area contributed by atoms with Crippen molar-refractivity contribution < 1.29 is 4.79 Å². The number of H-pyrrole nitrogens is 1. The van der Waals surface area contributed by atoms with Gasteiger partial charge in [-0.15, -0.1) is 10.2 Å². The number of para-hydroxylation sites is 1. The third kappa shape index (κ3) is 3.80. The summed E-state index contributed by atoms with van der Waals surface area (Å²) in [4.78, 5) is 17.1. The smallest absolute Gasteiger partial charge is 0.278 e. The van der Waals surface area contributed by atoms with Crippen LogP contribution < -0.4 is 10.2 Å². The molecule has 7 nitrogen and oxygen atoms in total. The summed E-state index contributed by atoms with van der Waals surface area (Å²) < 4.78 is 0. The molecule has 1 aromatic heterocycles. The van der Waals surface area contributed by atoms with Crippen molar-refractivity contribution in [1.29, 1.82) is 0 Å². The van der Waals surface area contributed by atoms with Crippen molar-refractivity contribution in [1.82, 2.24) is 20.3 Å². The predicted molar refractivity (Wildman–Crippen MR) is 110 cm³/mol. The van der Waals surface area contributed by atoms with E-state index in [2.05, 4.69) is 44.7 Å². The minimum atomic E-state index is -0.130. The van der Waals surface area contributed by atoms with E-state index in [9.17, 15) is 4.79 Å². The van der Waals surface area contributed by atoms with E-state index in [1.807, 2.05) is 29.2 Å². The van der Waals surface area contributed by atoms with Crippen LogP contribution in [-0.4, -0.2) is 52.4 Å². The first-order chi connectivity index (χ1) is 13.6. The number of aryl methyl sites for hydroxylation is 1. The van der Waals surface area contributed by atoms with E-state index >= 15 is 0 Å². The lowest BCUT2D eigenvalue weighted by Crippen LogP contribution is -2.49. The fourth-order valence-electron chi connectivity index (χ4n) is 3.36. The second kappa shape index (κ2) is 7.90. The molecule has 0 bridgehead atoms. The zero-order valence-electron chi connectivity index (χ0n) is 15.5. The maximum atomic E-state index is 13.0. The van der Waals surface area contributed by atoms with E-state index in [1.165, 1.54) is 11.3 Å². The van der Waals surface area contributed by atoms with Crippen molar-refractivity contribution in [3.63, 3.8) is 0 Å². The molecule has 0 atom stereocenters. The van der Waals surface area contributed by atoms with Gasteiger partial charge in [-0.3, -0.25) is 4.79 Å².